The first-order chi connectivity index (χ1) is 16.5. The molecule has 2 aromatic heterocycles. The van der Waals surface area contributed by atoms with Crippen molar-refractivity contribution >= 4 is 29.5 Å². The van der Waals surface area contributed by atoms with E-state index in [-0.39, 0.29) is 24.4 Å². The number of rotatable bonds is 5. The van der Waals surface area contributed by atoms with Crippen molar-refractivity contribution in [1.82, 2.24) is 28.9 Å². The lowest BCUT2D eigenvalue weighted by Crippen LogP contribution is -2.40. The van der Waals surface area contributed by atoms with E-state index in [4.69, 9.17) is 10.5 Å². The number of hydrogen-bond acceptors (Lipinski definition) is 9. The highest BCUT2D eigenvalue weighted by Gasteiger charge is 2.23. The van der Waals surface area contributed by atoms with Crippen molar-refractivity contribution in [2.75, 3.05) is 43.9 Å². The zero-order valence-electron chi connectivity index (χ0n) is 19.3. The van der Waals surface area contributed by atoms with Crippen molar-refractivity contribution in [3.05, 3.63) is 53.6 Å². The summed E-state index contributed by atoms with van der Waals surface area (Å²) in [5.74, 6) is 1.28. The monoisotopic (exact) mass is 488 g/mol. The van der Waals surface area contributed by atoms with E-state index in [2.05, 4.69) is 28.9 Å². The quantitative estimate of drug-likeness (QED) is 0.562. The first-order valence-corrected chi connectivity index (χ1v) is 11.7. The van der Waals surface area contributed by atoms with E-state index in [1.807, 2.05) is 13.0 Å². The first kappa shape index (κ1) is 25.1. The number of aryl methyl sites for hydroxylation is 1. The fourth-order valence-corrected chi connectivity index (χ4v) is 3.89. The van der Waals surface area contributed by atoms with Crippen LogP contribution in [0, 0.1) is 5.82 Å². The van der Waals surface area contributed by atoms with Gasteiger partial charge in [-0.3, -0.25) is 0 Å². The van der Waals surface area contributed by atoms with Crippen molar-refractivity contribution in [3.63, 3.8) is 0 Å². The van der Waals surface area contributed by atoms with Gasteiger partial charge >= 0.3 is 6.03 Å². The van der Waals surface area contributed by atoms with Gasteiger partial charge in [0.05, 0.1) is 17.4 Å². The van der Waals surface area contributed by atoms with Crippen molar-refractivity contribution in [2.45, 2.75) is 26.4 Å². The van der Waals surface area contributed by atoms with E-state index >= 15 is 0 Å². The minimum Gasteiger partial charge on any atom is -0.468 e. The highest BCUT2D eigenvalue weighted by molar-refractivity contribution is 6.99. The molecule has 0 spiro atoms. The third kappa shape index (κ3) is 6.98. The maximum atomic E-state index is 12.6. The number of nitrogens with two attached hydrogens (primary N) is 1. The van der Waals surface area contributed by atoms with Crippen LogP contribution in [0.15, 0.2) is 36.5 Å². The summed E-state index contributed by atoms with van der Waals surface area (Å²) >= 11 is 1.10. The number of nitrogens with zero attached hydrogens (tertiary/aromatic N) is 6. The van der Waals surface area contributed by atoms with E-state index in [0.717, 1.165) is 36.7 Å². The highest BCUT2D eigenvalue weighted by atomic mass is 32.1. The van der Waals surface area contributed by atoms with Crippen LogP contribution in [-0.4, -0.2) is 62.9 Å². The fourth-order valence-electron chi connectivity index (χ4n) is 3.37. The number of amides is 2. The molecule has 0 aliphatic carbocycles. The number of carbonyl (C=O) groups excluding carboxylic acids is 1. The summed E-state index contributed by atoms with van der Waals surface area (Å²) in [6.45, 7) is 4.98. The predicted molar refractivity (Wildman–Crippen MR) is 129 cm³/mol. The fraction of sp³-hybridized carbons (Fsp3) is 0.409. The Morgan fingerprint density at radius 2 is 2.03 bits per heavy atom. The van der Waals surface area contributed by atoms with Crippen molar-refractivity contribution in [3.8, 4) is 5.88 Å². The van der Waals surface area contributed by atoms with Gasteiger partial charge in [-0.25, -0.2) is 19.2 Å². The molecule has 0 radical (unpaired) electrons. The average Bonchev–Trinajstić information content (AvgIpc) is 3.18. The number of benzene rings is 1. The van der Waals surface area contributed by atoms with Crippen molar-refractivity contribution < 1.29 is 13.9 Å². The van der Waals surface area contributed by atoms with E-state index in [0.29, 0.717) is 37.0 Å². The normalized spacial score (nSPS) is 13.5. The molecule has 1 saturated heterocycles. The Kier molecular flexibility index (Phi) is 9.32. The van der Waals surface area contributed by atoms with Crippen LogP contribution in [0.3, 0.4) is 0 Å². The first-order valence-electron chi connectivity index (χ1n) is 11.0. The van der Waals surface area contributed by atoms with E-state index in [1.165, 1.54) is 6.07 Å². The maximum Gasteiger partial charge on any atom is 0.317 e. The van der Waals surface area contributed by atoms with Gasteiger partial charge in [-0.1, -0.05) is 25.1 Å². The van der Waals surface area contributed by atoms with Gasteiger partial charge in [-0.05, 0) is 30.5 Å². The maximum absolute atomic E-state index is 12.6. The lowest BCUT2D eigenvalue weighted by atomic mass is 10.2. The molecule has 1 aliphatic heterocycles. The minimum absolute atomic E-state index is 0.0592. The molecule has 182 valence electrons. The molecule has 0 unspecified atom stereocenters. The summed E-state index contributed by atoms with van der Waals surface area (Å²) in [7, 11) is 1.64. The Morgan fingerprint density at radius 1 is 1.21 bits per heavy atom. The van der Waals surface area contributed by atoms with E-state index in [1.54, 1.807) is 36.3 Å². The molecule has 3 heterocycles. The zero-order chi connectivity index (χ0) is 24.3. The molecule has 1 aliphatic rings. The highest BCUT2D eigenvalue weighted by Crippen LogP contribution is 2.27. The topological polar surface area (TPSA) is 122 Å². The summed E-state index contributed by atoms with van der Waals surface area (Å²) in [4.78, 5) is 23.6. The van der Waals surface area contributed by atoms with Gasteiger partial charge in [0.25, 0.3) is 5.88 Å². The SMILES string of the molecule is CCc1ccccc1F.CNC(=O)N1CCCN(c2nsnc2OCc2ccnc(N)n2)CC1. The van der Waals surface area contributed by atoms with Crippen molar-refractivity contribution in [1.29, 1.82) is 0 Å². The number of ether oxygens (including phenoxy) is 1. The van der Waals surface area contributed by atoms with Crippen LogP contribution in [0.25, 0.3) is 0 Å². The molecule has 3 N–H and O–H groups in total. The molecule has 2 amide bonds. The Balaban J connectivity index is 0.000000302. The number of halogens is 1. The summed E-state index contributed by atoms with van der Waals surface area (Å²) < 4.78 is 26.9. The number of nitrogens with one attached hydrogen (secondary N) is 1. The second-order valence-corrected chi connectivity index (χ2v) is 7.94. The Labute approximate surface area is 202 Å². The van der Waals surface area contributed by atoms with Crippen LogP contribution < -0.4 is 20.7 Å². The molecular weight excluding hydrogens is 459 g/mol. The van der Waals surface area contributed by atoms with Crippen LogP contribution >= 0.6 is 11.7 Å². The molecule has 3 aromatic rings. The van der Waals surface area contributed by atoms with Crippen LogP contribution in [0.2, 0.25) is 0 Å². The molecule has 34 heavy (non-hydrogen) atoms. The molecule has 4 rings (SSSR count). The molecule has 0 atom stereocenters. The zero-order valence-corrected chi connectivity index (χ0v) is 20.1. The molecule has 1 aromatic carbocycles. The largest absolute Gasteiger partial charge is 0.468 e. The Morgan fingerprint density at radius 3 is 2.74 bits per heavy atom. The summed E-state index contributed by atoms with van der Waals surface area (Å²) in [5, 5.41) is 2.66. The van der Waals surface area contributed by atoms with Gasteiger partial charge in [0.2, 0.25) is 11.8 Å². The minimum atomic E-state index is -0.0972. The van der Waals surface area contributed by atoms with Gasteiger partial charge < -0.3 is 25.6 Å². The number of urea groups is 1. The van der Waals surface area contributed by atoms with Gasteiger partial charge in [-0.15, -0.1) is 4.37 Å². The molecule has 1 fully saturated rings. The summed E-state index contributed by atoms with van der Waals surface area (Å²) in [5.41, 5.74) is 7.03. The smallest absolute Gasteiger partial charge is 0.317 e. The Bertz CT molecular complexity index is 1070. The number of nitrogen functional groups attached to an aromatic ring is 1. The summed E-state index contributed by atoms with van der Waals surface area (Å²) in [6.07, 6.45) is 3.21. The van der Waals surface area contributed by atoms with Gasteiger partial charge in [0.15, 0.2) is 0 Å². The Hall–Kier alpha value is -3.54. The molecule has 10 nitrogen and oxygen atoms in total. The molecular formula is C22H29FN8O2S. The van der Waals surface area contributed by atoms with Crippen LogP contribution in [-0.2, 0) is 13.0 Å². The lowest BCUT2D eigenvalue weighted by Gasteiger charge is -2.21. The van der Waals surface area contributed by atoms with Crippen LogP contribution in [0.5, 0.6) is 5.88 Å². The molecule has 0 saturated carbocycles. The third-order valence-corrected chi connectivity index (χ3v) is 5.67. The standard InChI is InChI=1S/C14H20N8O2S.C8H9F/c1-16-14(23)22-6-2-5-21(7-8-22)11-12(20-25-19-11)24-9-10-3-4-17-13(15)18-10;1-2-7-5-3-4-6-8(7)9/h3-4H,2,5-9H2,1H3,(H,16,23)(H2,15,17,18);3-6H,2H2,1H3. The van der Waals surface area contributed by atoms with E-state index < -0.39 is 0 Å². The second kappa shape index (κ2) is 12.6. The average molecular weight is 489 g/mol. The number of aromatic nitrogens is 4. The second-order valence-electron chi connectivity index (χ2n) is 7.42. The lowest BCUT2D eigenvalue weighted by molar-refractivity contribution is 0.204. The van der Waals surface area contributed by atoms with Crippen molar-refractivity contribution in [2.24, 2.45) is 0 Å². The van der Waals surface area contributed by atoms with Gasteiger partial charge in [0, 0.05) is 39.4 Å². The molecule has 12 heteroatoms. The van der Waals surface area contributed by atoms with Crippen LogP contribution in [0.4, 0.5) is 21.0 Å². The number of anilines is 2. The third-order valence-electron chi connectivity index (χ3n) is 5.17. The molecule has 0 bridgehead atoms. The summed E-state index contributed by atoms with van der Waals surface area (Å²) in [6, 6.07) is 8.52. The van der Waals surface area contributed by atoms with Crippen LogP contribution in [0.1, 0.15) is 24.6 Å². The predicted octanol–water partition coefficient (Wildman–Crippen LogP) is 2.73. The van der Waals surface area contributed by atoms with E-state index in [9.17, 15) is 9.18 Å². The number of hydrogen-bond donors (Lipinski definition) is 2. The van der Waals surface area contributed by atoms with Gasteiger partial charge in [0.1, 0.15) is 12.4 Å². The van der Waals surface area contributed by atoms with Gasteiger partial charge in [-0.2, -0.15) is 4.37 Å². The number of carbonyl (C=O) groups is 1.